The fourth-order valence-electron chi connectivity index (χ4n) is 0.192. The second-order valence-corrected chi connectivity index (χ2v) is 5.54. The molecule has 0 bridgehead atoms. The summed E-state index contributed by atoms with van der Waals surface area (Å²) in [6.07, 6.45) is 0. The average molecular weight is 161 g/mol. The van der Waals surface area contributed by atoms with Gasteiger partial charge < -0.3 is 0 Å². The molecule has 0 atom stereocenters. The lowest BCUT2D eigenvalue weighted by Crippen LogP contribution is -1.86. The van der Waals surface area contributed by atoms with Gasteiger partial charge in [0, 0.05) is 0 Å². The molecule has 1 rings (SSSR count). The van der Waals surface area contributed by atoms with Crippen LogP contribution in [0.3, 0.4) is 0 Å². The van der Waals surface area contributed by atoms with Gasteiger partial charge >= 0.3 is 0 Å². The standard InChI is InChI=1S/C2H2Cl2O2S/c3-2(4)1-7(2,5)6/h1H2. The zero-order chi connectivity index (χ0) is 5.71. The Balaban J connectivity index is 3.00. The molecule has 5 heteroatoms. The first-order chi connectivity index (χ1) is 2.96. The highest BCUT2D eigenvalue weighted by Gasteiger charge is 2.59. The van der Waals surface area contributed by atoms with E-state index in [9.17, 15) is 8.42 Å². The zero-order valence-corrected chi connectivity index (χ0v) is 5.52. The minimum Gasteiger partial charge on any atom is -0.226 e. The topological polar surface area (TPSA) is 34.1 Å². The third-order valence-electron chi connectivity index (χ3n) is 0.724. The molecule has 1 fully saturated rings. The highest BCUT2D eigenvalue weighted by Crippen LogP contribution is 2.44. The van der Waals surface area contributed by atoms with E-state index in [1.165, 1.54) is 0 Å². The van der Waals surface area contributed by atoms with E-state index in [1.54, 1.807) is 0 Å². The molecule has 1 aliphatic rings. The van der Waals surface area contributed by atoms with Crippen LogP contribution in [0.1, 0.15) is 0 Å². The number of sulfone groups is 1. The number of rotatable bonds is 0. The summed E-state index contributed by atoms with van der Waals surface area (Å²) in [4.78, 5) is 0. The van der Waals surface area contributed by atoms with Gasteiger partial charge in [-0.25, -0.2) is 8.42 Å². The van der Waals surface area contributed by atoms with Crippen LogP contribution in [-0.2, 0) is 9.84 Å². The molecule has 42 valence electrons. The lowest BCUT2D eigenvalue weighted by Gasteiger charge is -1.77. The molecular weight excluding hydrogens is 159 g/mol. The summed E-state index contributed by atoms with van der Waals surface area (Å²) in [7, 11) is -3.06. The first-order valence-corrected chi connectivity index (χ1v) is 3.97. The second kappa shape index (κ2) is 1.09. The summed E-state index contributed by atoms with van der Waals surface area (Å²) < 4.78 is 18.8. The molecule has 0 unspecified atom stereocenters. The van der Waals surface area contributed by atoms with Crippen LogP contribution in [0.15, 0.2) is 0 Å². The smallest absolute Gasteiger partial charge is 0.226 e. The lowest BCUT2D eigenvalue weighted by atomic mass is 11.0. The van der Waals surface area contributed by atoms with Gasteiger partial charge in [-0.3, -0.25) is 0 Å². The van der Waals surface area contributed by atoms with E-state index in [1.807, 2.05) is 0 Å². The van der Waals surface area contributed by atoms with Gasteiger partial charge in [-0.1, -0.05) is 23.2 Å². The van der Waals surface area contributed by atoms with E-state index in [4.69, 9.17) is 23.2 Å². The largest absolute Gasteiger partial charge is 0.231 e. The van der Waals surface area contributed by atoms with Gasteiger partial charge in [-0.2, -0.15) is 0 Å². The highest BCUT2D eigenvalue weighted by atomic mass is 35.5. The predicted molar refractivity (Wildman–Crippen MR) is 28.2 cm³/mol. The summed E-state index contributed by atoms with van der Waals surface area (Å²) >= 11 is 10.2. The van der Waals surface area contributed by atoms with Crippen molar-refractivity contribution in [1.29, 1.82) is 0 Å². The summed E-state index contributed by atoms with van der Waals surface area (Å²) in [5.74, 6) is -0.0941. The Morgan fingerprint density at radius 3 is 1.57 bits per heavy atom. The second-order valence-electron chi connectivity index (χ2n) is 1.40. The number of alkyl halides is 2. The molecule has 0 aliphatic carbocycles. The average Bonchev–Trinajstić information content (AvgIpc) is 1.63. The molecule has 1 saturated heterocycles. The van der Waals surface area contributed by atoms with Crippen molar-refractivity contribution < 1.29 is 8.42 Å². The molecule has 0 aromatic heterocycles. The van der Waals surface area contributed by atoms with Crippen molar-refractivity contribution in [2.24, 2.45) is 0 Å². The molecule has 0 aromatic carbocycles. The van der Waals surface area contributed by atoms with Crippen LogP contribution in [0.25, 0.3) is 0 Å². The van der Waals surface area contributed by atoms with E-state index in [-0.39, 0.29) is 5.75 Å². The van der Waals surface area contributed by atoms with Gasteiger partial charge in [-0.05, 0) is 0 Å². The number of halogens is 2. The molecule has 7 heavy (non-hydrogen) atoms. The number of hydrogen-bond donors (Lipinski definition) is 0. The Morgan fingerprint density at radius 1 is 1.43 bits per heavy atom. The van der Waals surface area contributed by atoms with Crippen molar-refractivity contribution >= 4 is 33.0 Å². The first-order valence-electron chi connectivity index (χ1n) is 1.56. The maximum Gasteiger partial charge on any atom is 0.231 e. The molecule has 1 heterocycles. The van der Waals surface area contributed by atoms with Crippen LogP contribution in [0, 0.1) is 0 Å². The minimum absolute atomic E-state index is 0.0941. The van der Waals surface area contributed by atoms with Crippen molar-refractivity contribution in [3.05, 3.63) is 0 Å². The van der Waals surface area contributed by atoms with E-state index in [0.29, 0.717) is 0 Å². The molecule has 0 saturated carbocycles. The van der Waals surface area contributed by atoms with Crippen LogP contribution >= 0.6 is 23.2 Å². The Bertz CT molecular complexity index is 180. The Kier molecular flexibility index (Phi) is 0.882. The Hall–Kier alpha value is 0.530. The van der Waals surface area contributed by atoms with Gasteiger partial charge in [0.25, 0.3) is 0 Å². The molecule has 1 aliphatic heterocycles. The third-order valence-corrected chi connectivity index (χ3v) is 4.24. The van der Waals surface area contributed by atoms with Crippen molar-refractivity contribution in [1.82, 2.24) is 0 Å². The lowest BCUT2D eigenvalue weighted by molar-refractivity contribution is 0.614. The van der Waals surface area contributed by atoms with E-state index in [0.717, 1.165) is 0 Å². The van der Waals surface area contributed by atoms with E-state index in [2.05, 4.69) is 0 Å². The van der Waals surface area contributed by atoms with Crippen LogP contribution < -0.4 is 0 Å². The number of hydrogen-bond acceptors (Lipinski definition) is 2. The fraction of sp³-hybridized carbons (Fsp3) is 1.00. The van der Waals surface area contributed by atoms with Crippen LogP contribution in [-0.4, -0.2) is 17.8 Å². The maximum atomic E-state index is 10.1. The van der Waals surface area contributed by atoms with Gasteiger partial charge in [0.1, 0.15) is 5.75 Å². The normalized spacial score (nSPS) is 32.3. The van der Waals surface area contributed by atoms with Crippen LogP contribution in [0.2, 0.25) is 0 Å². The van der Waals surface area contributed by atoms with E-state index >= 15 is 0 Å². The van der Waals surface area contributed by atoms with Crippen LogP contribution in [0.5, 0.6) is 0 Å². The highest BCUT2D eigenvalue weighted by molar-refractivity contribution is 8.03. The molecule has 0 N–H and O–H groups in total. The molecule has 0 spiro atoms. The molecule has 2 nitrogen and oxygen atoms in total. The summed E-state index contributed by atoms with van der Waals surface area (Å²) in [5, 5.41) is 0. The van der Waals surface area contributed by atoms with Crippen molar-refractivity contribution in [3.8, 4) is 0 Å². The Morgan fingerprint density at radius 2 is 1.57 bits per heavy atom. The minimum atomic E-state index is -3.06. The maximum absolute atomic E-state index is 10.1. The monoisotopic (exact) mass is 160 g/mol. The third kappa shape index (κ3) is 0.732. The van der Waals surface area contributed by atoms with Gasteiger partial charge in [-0.15, -0.1) is 0 Å². The summed E-state index contributed by atoms with van der Waals surface area (Å²) in [5.41, 5.74) is 0. The van der Waals surface area contributed by atoms with E-state index < -0.39 is 13.5 Å². The first kappa shape index (κ1) is 5.66. The quantitative estimate of drug-likeness (QED) is 0.384. The summed E-state index contributed by atoms with van der Waals surface area (Å²) in [6.45, 7) is 0. The SMILES string of the molecule is O=S1(=O)CC1(Cl)Cl. The van der Waals surface area contributed by atoms with Gasteiger partial charge in [0.05, 0.1) is 0 Å². The van der Waals surface area contributed by atoms with Crippen molar-refractivity contribution in [2.45, 2.75) is 3.67 Å². The summed E-state index contributed by atoms with van der Waals surface area (Å²) in [6, 6.07) is 0. The Labute approximate surface area is 51.3 Å². The molecule has 0 radical (unpaired) electrons. The molecular formula is C2H2Cl2O2S. The van der Waals surface area contributed by atoms with Gasteiger partial charge in [0.2, 0.25) is 3.67 Å². The van der Waals surface area contributed by atoms with Crippen molar-refractivity contribution in [2.75, 3.05) is 5.75 Å². The van der Waals surface area contributed by atoms with Crippen LogP contribution in [0.4, 0.5) is 0 Å². The van der Waals surface area contributed by atoms with Crippen molar-refractivity contribution in [3.63, 3.8) is 0 Å². The predicted octanol–water partition coefficient (Wildman–Crippen LogP) is 0.546. The molecule has 0 aromatic rings. The van der Waals surface area contributed by atoms with Gasteiger partial charge in [0.15, 0.2) is 9.84 Å². The fourth-order valence-corrected chi connectivity index (χ4v) is 1.73. The molecule has 0 amide bonds. The zero-order valence-electron chi connectivity index (χ0n) is 3.19.